The number of likely N-dealkylation sites (N-methyl/N-ethyl adjacent to an activating group) is 1. The van der Waals surface area contributed by atoms with Gasteiger partial charge in [0.15, 0.2) is 5.17 Å². The van der Waals surface area contributed by atoms with Crippen molar-refractivity contribution in [2.75, 3.05) is 31.7 Å². The van der Waals surface area contributed by atoms with Crippen LogP contribution < -0.4 is 5.32 Å². The van der Waals surface area contributed by atoms with E-state index in [1.54, 1.807) is 42.9 Å². The number of hydrogen-bond acceptors (Lipinski definition) is 5. The summed E-state index contributed by atoms with van der Waals surface area (Å²) in [6.07, 6.45) is 1.03. The Hall–Kier alpha value is -3.06. The van der Waals surface area contributed by atoms with Gasteiger partial charge in [-0.3, -0.25) is 9.59 Å². The number of rotatable bonds is 4. The standard InChI is InChI=1S/C24H26N4O2S/c1-16-20(23(30)27(2)3)21(28-13-8-14-31-24(28)25-16)18-11-7-12-19(15-18)26-22(29)17-9-5-4-6-10-17/h4-7,9-12,15,21H,8,13-14H2,1-3H3,(H,26,29). The Bertz CT molecular complexity index is 1060. The van der Waals surface area contributed by atoms with Crippen molar-refractivity contribution in [1.29, 1.82) is 0 Å². The third kappa shape index (κ3) is 4.37. The average molecular weight is 435 g/mol. The molecule has 0 radical (unpaired) electrons. The summed E-state index contributed by atoms with van der Waals surface area (Å²) in [6, 6.07) is 16.7. The highest BCUT2D eigenvalue weighted by Gasteiger charge is 2.37. The zero-order valence-electron chi connectivity index (χ0n) is 18.0. The molecule has 0 aromatic heterocycles. The van der Waals surface area contributed by atoms with Crippen LogP contribution in [0.3, 0.4) is 0 Å². The van der Waals surface area contributed by atoms with E-state index in [0.717, 1.165) is 35.1 Å². The van der Waals surface area contributed by atoms with Crippen LogP contribution in [0.2, 0.25) is 0 Å². The number of allylic oxidation sites excluding steroid dienone is 1. The first kappa shape index (κ1) is 21.2. The van der Waals surface area contributed by atoms with Crippen molar-refractivity contribution in [2.24, 2.45) is 4.99 Å². The van der Waals surface area contributed by atoms with E-state index in [4.69, 9.17) is 4.99 Å². The second-order valence-electron chi connectivity index (χ2n) is 7.84. The van der Waals surface area contributed by atoms with Crippen LogP contribution in [0.15, 0.2) is 70.9 Å². The van der Waals surface area contributed by atoms with Gasteiger partial charge in [0.05, 0.1) is 17.3 Å². The molecule has 2 aromatic carbocycles. The van der Waals surface area contributed by atoms with Gasteiger partial charge >= 0.3 is 0 Å². The molecule has 2 amide bonds. The second kappa shape index (κ2) is 8.98. The van der Waals surface area contributed by atoms with Crippen molar-refractivity contribution >= 4 is 34.4 Å². The first-order valence-corrected chi connectivity index (χ1v) is 11.3. The number of carbonyl (C=O) groups excluding carboxylic acids is 2. The molecular formula is C24H26N4O2S. The molecule has 1 unspecified atom stereocenters. The molecule has 0 saturated carbocycles. The van der Waals surface area contributed by atoms with E-state index in [-0.39, 0.29) is 17.9 Å². The molecule has 2 aliphatic rings. The maximum absolute atomic E-state index is 13.1. The van der Waals surface area contributed by atoms with Gasteiger partial charge in [0.25, 0.3) is 11.8 Å². The first-order valence-electron chi connectivity index (χ1n) is 10.3. The van der Waals surface area contributed by atoms with Crippen molar-refractivity contribution in [2.45, 2.75) is 19.4 Å². The highest BCUT2D eigenvalue weighted by molar-refractivity contribution is 8.13. The number of benzene rings is 2. The smallest absolute Gasteiger partial charge is 0.255 e. The highest BCUT2D eigenvalue weighted by atomic mass is 32.2. The second-order valence-corrected chi connectivity index (χ2v) is 8.90. The minimum absolute atomic E-state index is 0.0420. The topological polar surface area (TPSA) is 65.0 Å². The van der Waals surface area contributed by atoms with Gasteiger partial charge in [0.1, 0.15) is 0 Å². The fourth-order valence-electron chi connectivity index (χ4n) is 3.91. The summed E-state index contributed by atoms with van der Waals surface area (Å²) in [6.45, 7) is 2.75. The van der Waals surface area contributed by atoms with Crippen molar-refractivity contribution in [1.82, 2.24) is 9.80 Å². The number of amides is 2. The van der Waals surface area contributed by atoms with Gasteiger partial charge in [0.2, 0.25) is 0 Å². The maximum Gasteiger partial charge on any atom is 0.255 e. The number of amidine groups is 1. The summed E-state index contributed by atoms with van der Waals surface area (Å²) in [5, 5.41) is 3.94. The number of nitrogens with one attached hydrogen (secondary N) is 1. The Morgan fingerprint density at radius 3 is 2.65 bits per heavy atom. The molecule has 1 N–H and O–H groups in total. The molecule has 4 rings (SSSR count). The van der Waals surface area contributed by atoms with Crippen molar-refractivity contribution in [3.05, 3.63) is 77.0 Å². The van der Waals surface area contributed by atoms with Crippen molar-refractivity contribution < 1.29 is 9.59 Å². The largest absolute Gasteiger partial charge is 0.345 e. The molecule has 0 bridgehead atoms. The average Bonchev–Trinajstić information content (AvgIpc) is 2.78. The molecule has 1 atom stereocenters. The van der Waals surface area contributed by atoms with Crippen LogP contribution in [-0.4, -0.2) is 53.2 Å². The third-order valence-corrected chi connectivity index (χ3v) is 6.47. The first-order chi connectivity index (χ1) is 15.0. The fourth-order valence-corrected chi connectivity index (χ4v) is 4.93. The van der Waals surface area contributed by atoms with Crippen LogP contribution in [0.4, 0.5) is 5.69 Å². The fraction of sp³-hybridized carbons (Fsp3) is 0.292. The summed E-state index contributed by atoms with van der Waals surface area (Å²) in [5.74, 6) is 0.826. The highest BCUT2D eigenvalue weighted by Crippen LogP contribution is 2.40. The summed E-state index contributed by atoms with van der Waals surface area (Å²) in [4.78, 5) is 34.3. The van der Waals surface area contributed by atoms with Gasteiger partial charge < -0.3 is 15.1 Å². The lowest BCUT2D eigenvalue weighted by Gasteiger charge is -2.41. The Morgan fingerprint density at radius 2 is 1.90 bits per heavy atom. The van der Waals surface area contributed by atoms with Gasteiger partial charge in [0, 0.05) is 37.6 Å². The monoisotopic (exact) mass is 434 g/mol. The maximum atomic E-state index is 13.1. The Kier molecular flexibility index (Phi) is 6.13. The van der Waals surface area contributed by atoms with Gasteiger partial charge in [-0.05, 0) is 43.2 Å². The number of carbonyl (C=O) groups is 2. The number of anilines is 1. The lowest BCUT2D eigenvalue weighted by Crippen LogP contribution is -2.43. The Morgan fingerprint density at radius 1 is 1.13 bits per heavy atom. The molecule has 7 heteroatoms. The van der Waals surface area contributed by atoms with Crippen LogP contribution >= 0.6 is 11.8 Å². The lowest BCUT2D eigenvalue weighted by molar-refractivity contribution is -0.125. The quantitative estimate of drug-likeness (QED) is 0.785. The number of thioether (sulfide) groups is 1. The molecule has 31 heavy (non-hydrogen) atoms. The molecule has 2 heterocycles. The zero-order valence-corrected chi connectivity index (χ0v) is 18.8. The van der Waals surface area contributed by atoms with Crippen LogP contribution in [0.25, 0.3) is 0 Å². The molecular weight excluding hydrogens is 408 g/mol. The SMILES string of the molecule is CC1=C(C(=O)N(C)C)C(c2cccc(NC(=O)c3ccccc3)c2)N2CCCSC2=N1. The lowest BCUT2D eigenvalue weighted by atomic mass is 9.93. The normalized spacial score (nSPS) is 18.2. The van der Waals surface area contributed by atoms with Gasteiger partial charge in [-0.1, -0.05) is 42.1 Å². The van der Waals surface area contributed by atoms with Crippen LogP contribution in [-0.2, 0) is 4.79 Å². The number of fused-ring (bicyclic) bond motifs is 1. The van der Waals surface area contributed by atoms with Gasteiger partial charge in [-0.15, -0.1) is 0 Å². The number of hydrogen-bond donors (Lipinski definition) is 1. The van der Waals surface area contributed by atoms with Gasteiger partial charge in [-0.2, -0.15) is 0 Å². The molecule has 1 fully saturated rings. The minimum Gasteiger partial charge on any atom is -0.345 e. The zero-order chi connectivity index (χ0) is 22.0. The summed E-state index contributed by atoms with van der Waals surface area (Å²) >= 11 is 1.73. The van der Waals surface area contributed by atoms with E-state index >= 15 is 0 Å². The van der Waals surface area contributed by atoms with E-state index in [9.17, 15) is 9.59 Å². The molecule has 6 nitrogen and oxygen atoms in total. The van der Waals surface area contributed by atoms with Crippen molar-refractivity contribution in [3.63, 3.8) is 0 Å². The van der Waals surface area contributed by atoms with E-state index in [1.165, 1.54) is 0 Å². The molecule has 2 aliphatic heterocycles. The summed E-state index contributed by atoms with van der Waals surface area (Å²) < 4.78 is 0. The van der Waals surface area contributed by atoms with Crippen molar-refractivity contribution in [3.8, 4) is 0 Å². The molecule has 0 spiro atoms. The van der Waals surface area contributed by atoms with E-state index in [2.05, 4.69) is 10.2 Å². The minimum atomic E-state index is -0.233. The number of aliphatic imine (C=N–C) groups is 1. The molecule has 1 saturated heterocycles. The molecule has 0 aliphatic carbocycles. The Balaban J connectivity index is 1.71. The summed E-state index contributed by atoms with van der Waals surface area (Å²) in [7, 11) is 3.53. The van der Waals surface area contributed by atoms with E-state index in [0.29, 0.717) is 16.8 Å². The number of nitrogens with zero attached hydrogens (tertiary/aromatic N) is 3. The predicted octanol–water partition coefficient (Wildman–Crippen LogP) is 4.15. The van der Waals surface area contributed by atoms with Gasteiger partial charge in [-0.25, -0.2) is 4.99 Å². The van der Waals surface area contributed by atoms with E-state index < -0.39 is 0 Å². The van der Waals surface area contributed by atoms with Crippen LogP contribution in [0.1, 0.15) is 35.3 Å². The van der Waals surface area contributed by atoms with E-state index in [1.807, 2.05) is 49.4 Å². The summed E-state index contributed by atoms with van der Waals surface area (Å²) in [5.41, 5.74) is 3.71. The van der Waals surface area contributed by atoms with Crippen LogP contribution in [0.5, 0.6) is 0 Å². The van der Waals surface area contributed by atoms with Crippen LogP contribution in [0, 0.1) is 0 Å². The molecule has 2 aromatic rings. The predicted molar refractivity (Wildman–Crippen MR) is 126 cm³/mol. The Labute approximate surface area is 187 Å². The molecule has 160 valence electrons. The third-order valence-electron chi connectivity index (χ3n) is 5.39.